The highest BCUT2D eigenvalue weighted by Crippen LogP contribution is 2.36. The first-order valence-corrected chi connectivity index (χ1v) is 4.57. The molecule has 3 heteroatoms. The van der Waals surface area contributed by atoms with Gasteiger partial charge in [0.15, 0.2) is 0 Å². The average molecular weight is 171 g/mol. The molecule has 0 aromatic carbocycles. The molecule has 0 spiro atoms. The maximum Gasteiger partial charge on any atom is 0.308 e. The van der Waals surface area contributed by atoms with Crippen LogP contribution in [0, 0.1) is 11.8 Å². The smallest absolute Gasteiger partial charge is 0.308 e. The van der Waals surface area contributed by atoms with Gasteiger partial charge in [-0.25, -0.2) is 0 Å². The first kappa shape index (κ1) is 9.52. The molecule has 1 fully saturated rings. The Morgan fingerprint density at radius 1 is 1.67 bits per heavy atom. The summed E-state index contributed by atoms with van der Waals surface area (Å²) >= 11 is 0. The highest BCUT2D eigenvalue weighted by atomic mass is 16.5. The molecule has 0 heterocycles. The van der Waals surface area contributed by atoms with Crippen molar-refractivity contribution in [2.24, 2.45) is 17.6 Å². The van der Waals surface area contributed by atoms with Crippen LogP contribution in [0.1, 0.15) is 26.7 Å². The van der Waals surface area contributed by atoms with Gasteiger partial charge in [0.1, 0.15) is 0 Å². The van der Waals surface area contributed by atoms with Crippen molar-refractivity contribution in [1.29, 1.82) is 0 Å². The fourth-order valence-corrected chi connectivity index (χ4v) is 1.54. The molecule has 12 heavy (non-hydrogen) atoms. The van der Waals surface area contributed by atoms with Crippen molar-refractivity contribution in [2.75, 3.05) is 6.61 Å². The van der Waals surface area contributed by atoms with E-state index in [2.05, 4.69) is 0 Å². The lowest BCUT2D eigenvalue weighted by atomic mass is 9.72. The van der Waals surface area contributed by atoms with E-state index in [1.807, 2.05) is 13.8 Å². The second-order valence-corrected chi connectivity index (χ2v) is 3.54. The maximum atomic E-state index is 11.1. The lowest BCUT2D eigenvalue weighted by Crippen LogP contribution is -2.40. The fourth-order valence-electron chi connectivity index (χ4n) is 1.54. The van der Waals surface area contributed by atoms with E-state index in [0.29, 0.717) is 12.5 Å². The van der Waals surface area contributed by atoms with Gasteiger partial charge in [0.05, 0.1) is 12.5 Å². The Labute approximate surface area is 73.3 Å². The summed E-state index contributed by atoms with van der Waals surface area (Å²) in [6.07, 6.45) is 1.83. The van der Waals surface area contributed by atoms with Gasteiger partial charge in [-0.15, -0.1) is 0 Å². The van der Waals surface area contributed by atoms with Gasteiger partial charge in [0.25, 0.3) is 0 Å². The van der Waals surface area contributed by atoms with Gasteiger partial charge < -0.3 is 10.5 Å². The monoisotopic (exact) mass is 171 g/mol. The third kappa shape index (κ3) is 1.97. The number of nitrogens with two attached hydrogens (primary N) is 1. The Hall–Kier alpha value is -0.570. The Balaban J connectivity index is 2.20. The van der Waals surface area contributed by atoms with Gasteiger partial charge in [-0.05, 0) is 32.6 Å². The third-order valence-corrected chi connectivity index (χ3v) is 2.54. The summed E-state index contributed by atoms with van der Waals surface area (Å²) in [5, 5.41) is 0. The molecule has 0 radical (unpaired) electrons. The summed E-state index contributed by atoms with van der Waals surface area (Å²) in [5.74, 6) is 0.606. The molecule has 0 saturated heterocycles. The molecule has 0 amide bonds. The van der Waals surface area contributed by atoms with Gasteiger partial charge in [0.2, 0.25) is 0 Å². The summed E-state index contributed by atoms with van der Waals surface area (Å²) in [4.78, 5) is 11.1. The van der Waals surface area contributed by atoms with Gasteiger partial charge in [-0.2, -0.15) is 0 Å². The van der Waals surface area contributed by atoms with E-state index in [1.165, 1.54) is 0 Å². The normalized spacial score (nSPS) is 30.6. The van der Waals surface area contributed by atoms with Crippen LogP contribution in [0.3, 0.4) is 0 Å². The number of rotatable bonds is 3. The minimum absolute atomic E-state index is 0.0469. The molecule has 0 bridgehead atoms. The Kier molecular flexibility index (Phi) is 3.09. The van der Waals surface area contributed by atoms with Crippen LogP contribution in [0.5, 0.6) is 0 Å². The SMILES string of the molecule is CCOC(=O)C1CC(C(C)N)C1. The van der Waals surface area contributed by atoms with E-state index in [9.17, 15) is 4.79 Å². The predicted molar refractivity (Wildman–Crippen MR) is 46.5 cm³/mol. The lowest BCUT2D eigenvalue weighted by Gasteiger charge is -2.35. The Bertz CT molecular complexity index is 162. The van der Waals surface area contributed by atoms with E-state index < -0.39 is 0 Å². The zero-order valence-electron chi connectivity index (χ0n) is 7.75. The molecule has 1 rings (SSSR count). The molecule has 1 aliphatic carbocycles. The first-order valence-electron chi connectivity index (χ1n) is 4.57. The van der Waals surface area contributed by atoms with E-state index >= 15 is 0 Å². The largest absolute Gasteiger partial charge is 0.466 e. The van der Waals surface area contributed by atoms with Crippen LogP contribution in [0.2, 0.25) is 0 Å². The molecule has 1 aliphatic rings. The van der Waals surface area contributed by atoms with Crippen LogP contribution in [0.15, 0.2) is 0 Å². The number of esters is 1. The summed E-state index contributed by atoms with van der Waals surface area (Å²) in [6.45, 7) is 4.31. The quantitative estimate of drug-likeness (QED) is 0.642. The van der Waals surface area contributed by atoms with E-state index in [1.54, 1.807) is 0 Å². The van der Waals surface area contributed by atoms with Crippen molar-refractivity contribution in [3.63, 3.8) is 0 Å². The number of hydrogen-bond donors (Lipinski definition) is 1. The van der Waals surface area contributed by atoms with Gasteiger partial charge in [-0.3, -0.25) is 4.79 Å². The molecule has 1 unspecified atom stereocenters. The van der Waals surface area contributed by atoms with E-state index in [0.717, 1.165) is 12.8 Å². The zero-order valence-corrected chi connectivity index (χ0v) is 7.75. The van der Waals surface area contributed by atoms with Crippen LogP contribution in [-0.4, -0.2) is 18.6 Å². The van der Waals surface area contributed by atoms with Crippen molar-refractivity contribution in [2.45, 2.75) is 32.7 Å². The molecule has 0 aliphatic heterocycles. The highest BCUT2D eigenvalue weighted by molar-refractivity contribution is 5.73. The Morgan fingerprint density at radius 3 is 2.67 bits per heavy atom. The molecule has 0 aromatic rings. The van der Waals surface area contributed by atoms with Gasteiger partial charge >= 0.3 is 5.97 Å². The number of ether oxygens (including phenoxy) is 1. The van der Waals surface area contributed by atoms with Crippen LogP contribution in [0.4, 0.5) is 0 Å². The minimum Gasteiger partial charge on any atom is -0.466 e. The Morgan fingerprint density at radius 2 is 2.25 bits per heavy atom. The molecule has 1 saturated carbocycles. The van der Waals surface area contributed by atoms with Gasteiger partial charge in [-0.1, -0.05) is 0 Å². The van der Waals surface area contributed by atoms with Crippen LogP contribution < -0.4 is 5.73 Å². The minimum atomic E-state index is -0.0469. The molecule has 2 N–H and O–H groups in total. The molecule has 0 aromatic heterocycles. The first-order chi connectivity index (χ1) is 5.65. The second kappa shape index (κ2) is 3.90. The number of carbonyl (C=O) groups excluding carboxylic acids is 1. The van der Waals surface area contributed by atoms with Crippen LogP contribution in [0.25, 0.3) is 0 Å². The van der Waals surface area contributed by atoms with Crippen molar-refractivity contribution in [3.8, 4) is 0 Å². The zero-order chi connectivity index (χ0) is 9.14. The predicted octanol–water partition coefficient (Wildman–Crippen LogP) is 0.923. The molecule has 3 nitrogen and oxygen atoms in total. The molecule has 1 atom stereocenters. The standard InChI is InChI=1S/C9H17NO2/c1-3-12-9(11)8-4-7(5-8)6(2)10/h6-8H,3-5,10H2,1-2H3. The summed E-state index contributed by atoms with van der Waals surface area (Å²) in [6, 6.07) is 0.218. The second-order valence-electron chi connectivity index (χ2n) is 3.54. The average Bonchev–Trinajstić information content (AvgIpc) is 1.82. The van der Waals surface area contributed by atoms with E-state index in [-0.39, 0.29) is 17.9 Å². The highest BCUT2D eigenvalue weighted by Gasteiger charge is 2.36. The molecular weight excluding hydrogens is 154 g/mol. The summed E-state index contributed by atoms with van der Waals surface area (Å²) in [7, 11) is 0. The topological polar surface area (TPSA) is 52.3 Å². The van der Waals surface area contributed by atoms with Crippen molar-refractivity contribution in [3.05, 3.63) is 0 Å². The summed E-state index contributed by atoms with van der Waals surface area (Å²) < 4.78 is 4.89. The van der Waals surface area contributed by atoms with Crippen molar-refractivity contribution >= 4 is 5.97 Å². The maximum absolute atomic E-state index is 11.1. The van der Waals surface area contributed by atoms with Crippen molar-refractivity contribution < 1.29 is 9.53 Å². The van der Waals surface area contributed by atoms with E-state index in [4.69, 9.17) is 10.5 Å². The number of hydrogen-bond acceptors (Lipinski definition) is 3. The van der Waals surface area contributed by atoms with Crippen LogP contribution >= 0.6 is 0 Å². The fraction of sp³-hybridized carbons (Fsp3) is 0.889. The lowest BCUT2D eigenvalue weighted by molar-refractivity contribution is -0.153. The third-order valence-electron chi connectivity index (χ3n) is 2.54. The molecular formula is C9H17NO2. The molecule has 70 valence electrons. The summed E-state index contributed by atoms with van der Waals surface area (Å²) in [5.41, 5.74) is 5.68. The van der Waals surface area contributed by atoms with Crippen LogP contribution in [-0.2, 0) is 9.53 Å². The number of carbonyl (C=O) groups is 1. The van der Waals surface area contributed by atoms with Gasteiger partial charge in [0, 0.05) is 6.04 Å². The van der Waals surface area contributed by atoms with Crippen molar-refractivity contribution in [1.82, 2.24) is 0 Å².